The third-order valence-corrected chi connectivity index (χ3v) is 6.80. The van der Waals surface area contributed by atoms with E-state index < -0.39 is 11.7 Å². The summed E-state index contributed by atoms with van der Waals surface area (Å²) in [4.78, 5) is 8.55. The third kappa shape index (κ3) is 8.14. The Morgan fingerprint density at radius 1 is 1.14 bits per heavy atom. The Labute approximate surface area is 220 Å². The summed E-state index contributed by atoms with van der Waals surface area (Å²) in [5, 5.41) is 0. The fourth-order valence-electron chi connectivity index (χ4n) is 4.25. The Kier molecular flexibility index (Phi) is 11.3. The molecular formula is C30H40F3N3O. The first kappa shape index (κ1) is 30.0. The summed E-state index contributed by atoms with van der Waals surface area (Å²) in [6, 6.07) is 7.13. The Morgan fingerprint density at radius 3 is 2.19 bits per heavy atom. The molecule has 0 N–H and O–H groups in total. The fraction of sp³-hybridized carbons (Fsp3) is 0.433. The van der Waals surface area contributed by atoms with Crippen molar-refractivity contribution in [3.63, 3.8) is 0 Å². The summed E-state index contributed by atoms with van der Waals surface area (Å²) < 4.78 is 44.6. The fourth-order valence-corrected chi connectivity index (χ4v) is 4.25. The molecule has 37 heavy (non-hydrogen) atoms. The van der Waals surface area contributed by atoms with Gasteiger partial charge < -0.3 is 14.5 Å². The number of aromatic nitrogens is 1. The van der Waals surface area contributed by atoms with Gasteiger partial charge in [0.2, 0.25) is 0 Å². The monoisotopic (exact) mass is 515 g/mol. The Balaban J connectivity index is 0.000000604. The number of likely N-dealkylation sites (tertiary alicyclic amines) is 1. The number of allylic oxidation sites excluding steroid dienone is 4. The SMILES string of the molecule is C=C/C(=C\C)N1CCC(N(c2ccc(C(F)(F)F)cc2)c2cnccc2OC)CC1.CCC(C)=C(C)C. The van der Waals surface area contributed by atoms with Crippen LogP contribution < -0.4 is 9.64 Å². The minimum atomic E-state index is -4.37. The molecule has 1 aliphatic rings. The molecule has 0 unspecified atom stereocenters. The number of benzene rings is 1. The summed E-state index contributed by atoms with van der Waals surface area (Å²) in [5.74, 6) is 0.632. The Morgan fingerprint density at radius 2 is 1.76 bits per heavy atom. The molecule has 1 aromatic carbocycles. The summed E-state index contributed by atoms with van der Waals surface area (Å²) in [6.07, 6.45) is 5.72. The third-order valence-electron chi connectivity index (χ3n) is 6.80. The van der Waals surface area contributed by atoms with Gasteiger partial charge in [0.1, 0.15) is 11.4 Å². The van der Waals surface area contributed by atoms with Gasteiger partial charge in [-0.2, -0.15) is 13.2 Å². The first-order valence-electron chi connectivity index (χ1n) is 12.7. The van der Waals surface area contributed by atoms with Gasteiger partial charge in [-0.1, -0.05) is 30.7 Å². The second-order valence-corrected chi connectivity index (χ2v) is 9.23. The van der Waals surface area contributed by atoms with Crippen molar-refractivity contribution in [3.05, 3.63) is 83.9 Å². The number of hydrogen-bond donors (Lipinski definition) is 0. The van der Waals surface area contributed by atoms with Crippen LogP contribution >= 0.6 is 0 Å². The van der Waals surface area contributed by atoms with E-state index in [4.69, 9.17) is 4.74 Å². The Bertz CT molecular complexity index is 1060. The lowest BCUT2D eigenvalue weighted by atomic mass is 10.00. The van der Waals surface area contributed by atoms with Crippen molar-refractivity contribution in [2.75, 3.05) is 25.1 Å². The minimum Gasteiger partial charge on any atom is -0.494 e. The van der Waals surface area contributed by atoms with Gasteiger partial charge in [-0.15, -0.1) is 0 Å². The first-order chi connectivity index (χ1) is 17.6. The average molecular weight is 516 g/mol. The standard InChI is InChI=1S/C23H26F3N3O.C7H14/c1-4-18(5-2)28-14-11-20(12-15-28)29(21-16-27-13-10-22(21)30-3)19-8-6-17(7-9-19)23(24,25)26;1-5-7(4)6(2)3/h4-10,13,16,20H,1,11-12,14-15H2,2-3H3;5H2,1-4H3/b18-5+;. The highest BCUT2D eigenvalue weighted by molar-refractivity contribution is 5.69. The number of rotatable bonds is 7. The van der Waals surface area contributed by atoms with Gasteiger partial charge in [-0.25, -0.2) is 0 Å². The van der Waals surface area contributed by atoms with Gasteiger partial charge in [0.05, 0.1) is 18.9 Å². The van der Waals surface area contributed by atoms with E-state index >= 15 is 0 Å². The van der Waals surface area contributed by atoms with E-state index in [9.17, 15) is 13.2 Å². The normalized spacial score (nSPS) is 14.4. The highest BCUT2D eigenvalue weighted by atomic mass is 19.4. The van der Waals surface area contributed by atoms with Crippen LogP contribution in [0.3, 0.4) is 0 Å². The number of piperidine rings is 1. The molecule has 1 aliphatic heterocycles. The number of halogens is 3. The van der Waals surface area contributed by atoms with Crippen molar-refractivity contribution >= 4 is 11.4 Å². The minimum absolute atomic E-state index is 0.0963. The second-order valence-electron chi connectivity index (χ2n) is 9.23. The van der Waals surface area contributed by atoms with Gasteiger partial charge >= 0.3 is 6.18 Å². The molecule has 202 valence electrons. The maximum atomic E-state index is 13.0. The highest BCUT2D eigenvalue weighted by Crippen LogP contribution is 2.39. The maximum Gasteiger partial charge on any atom is 0.416 e. The number of anilines is 2. The predicted octanol–water partition coefficient (Wildman–Crippen LogP) is 8.55. The van der Waals surface area contributed by atoms with Crippen molar-refractivity contribution in [1.82, 2.24) is 9.88 Å². The molecule has 1 fully saturated rings. The van der Waals surface area contributed by atoms with Crippen LogP contribution in [0.2, 0.25) is 0 Å². The molecule has 1 aromatic heterocycles. The van der Waals surface area contributed by atoms with Crippen LogP contribution in [0.15, 0.2) is 78.3 Å². The van der Waals surface area contributed by atoms with Crippen molar-refractivity contribution in [3.8, 4) is 5.75 Å². The number of alkyl halides is 3. The van der Waals surface area contributed by atoms with Crippen molar-refractivity contribution in [1.29, 1.82) is 0 Å². The van der Waals surface area contributed by atoms with E-state index in [1.165, 1.54) is 29.7 Å². The Hall–Kier alpha value is -3.22. The van der Waals surface area contributed by atoms with Gasteiger partial charge in [0.15, 0.2) is 0 Å². The lowest BCUT2D eigenvalue weighted by Gasteiger charge is -2.41. The predicted molar refractivity (Wildman–Crippen MR) is 147 cm³/mol. The molecule has 2 aromatic rings. The van der Waals surface area contributed by atoms with Crippen LogP contribution in [0.5, 0.6) is 5.75 Å². The lowest BCUT2D eigenvalue weighted by Crippen LogP contribution is -2.42. The van der Waals surface area contributed by atoms with E-state index in [1.54, 1.807) is 25.6 Å². The van der Waals surface area contributed by atoms with Crippen molar-refractivity contribution in [2.24, 2.45) is 0 Å². The van der Waals surface area contributed by atoms with Gasteiger partial charge in [0.25, 0.3) is 0 Å². The largest absolute Gasteiger partial charge is 0.494 e. The van der Waals surface area contributed by atoms with Gasteiger partial charge in [-0.3, -0.25) is 4.98 Å². The molecule has 0 amide bonds. The molecule has 0 aliphatic carbocycles. The molecular weight excluding hydrogens is 475 g/mol. The lowest BCUT2D eigenvalue weighted by molar-refractivity contribution is -0.137. The number of ether oxygens (including phenoxy) is 1. The number of methoxy groups -OCH3 is 1. The zero-order valence-electron chi connectivity index (χ0n) is 22.9. The molecule has 0 saturated carbocycles. The van der Waals surface area contributed by atoms with Gasteiger partial charge in [0, 0.05) is 42.8 Å². The molecule has 0 atom stereocenters. The van der Waals surface area contributed by atoms with E-state index in [2.05, 4.69) is 44.2 Å². The van der Waals surface area contributed by atoms with Crippen molar-refractivity contribution in [2.45, 2.75) is 66.1 Å². The van der Waals surface area contributed by atoms with Crippen LogP contribution in [-0.2, 0) is 6.18 Å². The van der Waals surface area contributed by atoms with E-state index in [-0.39, 0.29) is 6.04 Å². The number of pyridine rings is 1. The zero-order valence-corrected chi connectivity index (χ0v) is 22.9. The summed E-state index contributed by atoms with van der Waals surface area (Å²) in [5.41, 5.74) is 4.83. The molecule has 0 bridgehead atoms. The van der Waals surface area contributed by atoms with E-state index in [0.717, 1.165) is 49.4 Å². The summed E-state index contributed by atoms with van der Waals surface area (Å²) in [6.45, 7) is 16.2. The average Bonchev–Trinajstić information content (AvgIpc) is 2.90. The number of hydrogen-bond acceptors (Lipinski definition) is 4. The topological polar surface area (TPSA) is 28.6 Å². The van der Waals surface area contributed by atoms with Crippen LogP contribution in [0.25, 0.3) is 0 Å². The molecule has 1 saturated heterocycles. The summed E-state index contributed by atoms with van der Waals surface area (Å²) >= 11 is 0. The van der Waals surface area contributed by atoms with Crippen LogP contribution in [0.4, 0.5) is 24.5 Å². The summed E-state index contributed by atoms with van der Waals surface area (Å²) in [7, 11) is 1.58. The first-order valence-corrected chi connectivity index (χ1v) is 12.7. The van der Waals surface area contributed by atoms with Crippen LogP contribution in [-0.4, -0.2) is 36.1 Å². The number of nitrogens with zero attached hydrogens (tertiary/aromatic N) is 3. The highest BCUT2D eigenvalue weighted by Gasteiger charge is 2.32. The van der Waals surface area contributed by atoms with Crippen LogP contribution in [0, 0.1) is 0 Å². The van der Waals surface area contributed by atoms with E-state index in [1.807, 2.05) is 24.0 Å². The molecule has 0 spiro atoms. The van der Waals surface area contributed by atoms with E-state index in [0.29, 0.717) is 11.4 Å². The maximum absolute atomic E-state index is 13.0. The molecule has 2 heterocycles. The molecule has 0 radical (unpaired) electrons. The van der Waals surface area contributed by atoms with Crippen molar-refractivity contribution < 1.29 is 17.9 Å². The quantitative estimate of drug-likeness (QED) is 0.273. The van der Waals surface area contributed by atoms with Gasteiger partial charge in [-0.05, 0) is 77.3 Å². The zero-order chi connectivity index (χ0) is 27.6. The molecule has 4 nitrogen and oxygen atoms in total. The second kappa shape index (κ2) is 13.9. The van der Waals surface area contributed by atoms with Crippen LogP contribution in [0.1, 0.15) is 59.4 Å². The smallest absolute Gasteiger partial charge is 0.416 e. The molecule has 7 heteroatoms. The molecule has 3 rings (SSSR count).